The first-order valence-electron chi connectivity index (χ1n) is 17.8. The lowest BCUT2D eigenvalue weighted by atomic mass is 9.79. The fourth-order valence-electron chi connectivity index (χ4n) is 8.35. The molecule has 8 N–H and O–H groups in total. The lowest BCUT2D eigenvalue weighted by molar-refractivity contribution is 0.213. The topological polar surface area (TPSA) is 199 Å². The largest absolute Gasteiger partial charge is 0.508 e. The summed E-state index contributed by atoms with van der Waals surface area (Å²) >= 11 is 0. The number of hydrogen-bond acceptors (Lipinski definition) is 12. The highest BCUT2D eigenvalue weighted by atomic mass is 16.5. The molecule has 57 heavy (non-hydrogen) atoms. The number of methoxy groups -OCH3 is 3. The van der Waals surface area contributed by atoms with Gasteiger partial charge in [-0.25, -0.2) is 0 Å². The fourth-order valence-corrected chi connectivity index (χ4v) is 8.35. The Balaban J connectivity index is 1.38. The summed E-state index contributed by atoms with van der Waals surface area (Å²) in [5.74, 6) is -2.14. The molecule has 0 unspecified atom stereocenters. The van der Waals surface area contributed by atoms with Crippen molar-refractivity contribution in [3.05, 3.63) is 142 Å². The number of allylic oxidation sites excluding steroid dienone is 1. The van der Waals surface area contributed by atoms with E-state index in [0.717, 1.165) is 0 Å². The number of ether oxygens (including phenoxy) is 4. The molecule has 8 rings (SSSR count). The second-order valence-corrected chi connectivity index (χ2v) is 14.1. The summed E-state index contributed by atoms with van der Waals surface area (Å²) in [6.07, 6.45) is 1.11. The fraction of sp³-hybridized carbons (Fsp3) is 0.156. The van der Waals surface area contributed by atoms with Gasteiger partial charge in [-0.2, -0.15) is 0 Å². The zero-order valence-electron chi connectivity index (χ0n) is 30.8. The highest BCUT2D eigenvalue weighted by Crippen LogP contribution is 2.60. The van der Waals surface area contributed by atoms with Gasteiger partial charge in [-0.1, -0.05) is 18.2 Å². The molecular formula is C45H38O12. The first kappa shape index (κ1) is 36.6. The Morgan fingerprint density at radius 2 is 1.00 bits per heavy atom. The molecule has 6 aromatic carbocycles. The van der Waals surface area contributed by atoms with Crippen molar-refractivity contribution in [2.45, 2.75) is 23.9 Å². The molecule has 1 heterocycles. The third-order valence-electron chi connectivity index (χ3n) is 10.6. The molecule has 12 heteroatoms. The minimum absolute atomic E-state index is 0.0672. The highest BCUT2D eigenvalue weighted by molar-refractivity contribution is 5.93. The van der Waals surface area contributed by atoms with Gasteiger partial charge >= 0.3 is 0 Å². The summed E-state index contributed by atoms with van der Waals surface area (Å²) in [5, 5.41) is 86.0. The Labute approximate surface area is 326 Å². The number of phenols is 8. The van der Waals surface area contributed by atoms with Gasteiger partial charge in [0.1, 0.15) is 40.6 Å². The number of aromatic hydroxyl groups is 8. The predicted octanol–water partition coefficient (Wildman–Crippen LogP) is 8.09. The van der Waals surface area contributed by atoms with Crippen molar-refractivity contribution in [2.24, 2.45) is 0 Å². The van der Waals surface area contributed by atoms with Crippen LogP contribution in [0.5, 0.6) is 69.0 Å². The standard InChI is InChI=1S/C45H38O12/c1-54-37-15-22(4-6-34(37)51)42-40(24-11-26(46)17-27(47)12-24)31(32-19-30(50)20-36(53)43(32)42)8-21-9-33-41(25-13-28(48)18-29(49)14-25)44(57-45(33)39(10-21)56-3)23-5-7-35(52)38(16-23)55-2/h4-20,40-42,44,46-53H,1-3H3/b31-8+/t40-,41-,42+,44+/m0/s1. The van der Waals surface area contributed by atoms with Crippen LogP contribution in [-0.4, -0.2) is 62.2 Å². The third-order valence-corrected chi connectivity index (χ3v) is 10.6. The molecule has 0 radical (unpaired) electrons. The molecule has 0 fully saturated rings. The zero-order chi connectivity index (χ0) is 40.3. The summed E-state index contributed by atoms with van der Waals surface area (Å²) in [5.41, 5.74) is 5.00. The quantitative estimate of drug-likeness (QED) is 0.0741. The van der Waals surface area contributed by atoms with Crippen LogP contribution in [0, 0.1) is 0 Å². The van der Waals surface area contributed by atoms with Crippen molar-refractivity contribution in [3.8, 4) is 69.0 Å². The van der Waals surface area contributed by atoms with Gasteiger partial charge in [0, 0.05) is 41.2 Å². The number of benzene rings is 6. The SMILES string of the molecule is COc1cc([C@H]2c3c(O)cc(O)cc3/C(=C\c3cc(OC)c4c(c3)[C@H](c3cc(O)cc(O)c3)[C@@H](c3ccc(O)c(OC)c3)O4)[C@@H]2c2cc(O)cc(O)c2)ccc1O. The zero-order valence-corrected chi connectivity index (χ0v) is 30.8. The maximum atomic E-state index is 11.5. The predicted molar refractivity (Wildman–Crippen MR) is 209 cm³/mol. The average molecular weight is 771 g/mol. The van der Waals surface area contributed by atoms with Crippen LogP contribution in [0.15, 0.2) is 97.1 Å². The molecule has 0 spiro atoms. The Hall–Kier alpha value is -7.34. The Kier molecular flexibility index (Phi) is 9.04. The molecule has 6 aromatic rings. The lowest BCUT2D eigenvalue weighted by Crippen LogP contribution is -2.11. The van der Waals surface area contributed by atoms with Gasteiger partial charge in [0.2, 0.25) is 0 Å². The van der Waals surface area contributed by atoms with Gasteiger partial charge in [0.25, 0.3) is 0 Å². The summed E-state index contributed by atoms with van der Waals surface area (Å²) in [6, 6.07) is 24.6. The number of phenolic OH excluding ortho intramolecular Hbond substituents is 8. The Morgan fingerprint density at radius 3 is 1.58 bits per heavy atom. The maximum absolute atomic E-state index is 11.5. The molecule has 0 aromatic heterocycles. The third kappa shape index (κ3) is 6.40. The molecule has 1 aliphatic carbocycles. The van der Waals surface area contributed by atoms with Gasteiger partial charge in [-0.05, 0) is 106 Å². The van der Waals surface area contributed by atoms with Crippen molar-refractivity contribution in [1.29, 1.82) is 0 Å². The molecule has 2 aliphatic rings. The second-order valence-electron chi connectivity index (χ2n) is 14.1. The highest BCUT2D eigenvalue weighted by Gasteiger charge is 2.43. The van der Waals surface area contributed by atoms with E-state index in [-0.39, 0.29) is 57.5 Å². The summed E-state index contributed by atoms with van der Waals surface area (Å²) in [7, 11) is 4.35. The van der Waals surface area contributed by atoms with E-state index in [1.807, 2.05) is 12.1 Å². The van der Waals surface area contributed by atoms with Gasteiger partial charge in [0.05, 0.1) is 27.2 Å². The Morgan fingerprint density at radius 1 is 0.474 bits per heavy atom. The molecule has 1 aliphatic heterocycles. The van der Waals surface area contributed by atoms with Gasteiger partial charge in [-0.15, -0.1) is 0 Å². The first-order chi connectivity index (χ1) is 27.4. The maximum Gasteiger partial charge on any atom is 0.166 e. The van der Waals surface area contributed by atoms with Crippen LogP contribution < -0.4 is 18.9 Å². The van der Waals surface area contributed by atoms with Crippen LogP contribution in [0.2, 0.25) is 0 Å². The molecule has 4 atom stereocenters. The van der Waals surface area contributed by atoms with E-state index in [4.69, 9.17) is 18.9 Å². The van der Waals surface area contributed by atoms with Gasteiger partial charge in [0.15, 0.2) is 34.5 Å². The summed E-state index contributed by atoms with van der Waals surface area (Å²) in [6.45, 7) is 0. The van der Waals surface area contributed by atoms with Crippen molar-refractivity contribution in [2.75, 3.05) is 21.3 Å². The van der Waals surface area contributed by atoms with E-state index in [9.17, 15) is 40.9 Å². The van der Waals surface area contributed by atoms with Crippen molar-refractivity contribution in [1.82, 2.24) is 0 Å². The number of fused-ring (bicyclic) bond motifs is 2. The number of hydrogen-bond donors (Lipinski definition) is 8. The summed E-state index contributed by atoms with van der Waals surface area (Å²) in [4.78, 5) is 0. The monoisotopic (exact) mass is 770 g/mol. The minimum Gasteiger partial charge on any atom is -0.508 e. The van der Waals surface area contributed by atoms with E-state index < -0.39 is 23.9 Å². The van der Waals surface area contributed by atoms with Crippen molar-refractivity contribution < 1.29 is 59.8 Å². The van der Waals surface area contributed by atoms with E-state index >= 15 is 0 Å². The van der Waals surface area contributed by atoms with Crippen LogP contribution in [0.25, 0.3) is 11.6 Å². The first-order valence-corrected chi connectivity index (χ1v) is 17.8. The molecule has 0 saturated heterocycles. The lowest BCUT2D eigenvalue weighted by Gasteiger charge is -2.24. The van der Waals surface area contributed by atoms with E-state index in [1.54, 1.807) is 30.3 Å². The van der Waals surface area contributed by atoms with Crippen molar-refractivity contribution >= 4 is 11.6 Å². The van der Waals surface area contributed by atoms with Crippen LogP contribution in [0.4, 0.5) is 0 Å². The number of rotatable bonds is 8. The van der Waals surface area contributed by atoms with Crippen LogP contribution in [0.3, 0.4) is 0 Å². The molecular weight excluding hydrogens is 732 g/mol. The van der Waals surface area contributed by atoms with E-state index in [0.29, 0.717) is 61.6 Å². The smallest absolute Gasteiger partial charge is 0.166 e. The van der Waals surface area contributed by atoms with Crippen LogP contribution in [-0.2, 0) is 0 Å². The van der Waals surface area contributed by atoms with Crippen LogP contribution >= 0.6 is 0 Å². The molecule has 0 bridgehead atoms. The molecule has 0 amide bonds. The molecule has 290 valence electrons. The van der Waals surface area contributed by atoms with Gasteiger partial charge in [-0.3, -0.25) is 0 Å². The Bertz CT molecular complexity index is 2560. The minimum atomic E-state index is -0.745. The molecule has 12 nitrogen and oxygen atoms in total. The second kappa shape index (κ2) is 14.1. The van der Waals surface area contributed by atoms with Crippen LogP contribution in [0.1, 0.15) is 68.4 Å². The average Bonchev–Trinajstić information content (AvgIpc) is 3.70. The normalized spacial score (nSPS) is 18.8. The van der Waals surface area contributed by atoms with E-state index in [2.05, 4.69) is 0 Å². The van der Waals surface area contributed by atoms with Crippen molar-refractivity contribution in [3.63, 3.8) is 0 Å². The summed E-state index contributed by atoms with van der Waals surface area (Å²) < 4.78 is 23.4. The molecule has 0 saturated carbocycles. The van der Waals surface area contributed by atoms with E-state index in [1.165, 1.54) is 82.0 Å². The van der Waals surface area contributed by atoms with Gasteiger partial charge < -0.3 is 59.8 Å².